The molecule has 0 amide bonds. The summed E-state index contributed by atoms with van der Waals surface area (Å²) in [5.74, 6) is 0. The van der Waals surface area contributed by atoms with Crippen LogP contribution in [0.5, 0.6) is 0 Å². The van der Waals surface area contributed by atoms with Crippen LogP contribution in [0.25, 0.3) is 5.69 Å². The SMILES string of the molecule is Cc1ccc(NC(=S)N(C)Cc2c(C)nn(-c3ccccc3)c2C)cc1. The molecule has 0 atom stereocenters. The molecule has 0 radical (unpaired) electrons. The van der Waals surface area contributed by atoms with Crippen LogP contribution >= 0.6 is 12.2 Å². The van der Waals surface area contributed by atoms with Crippen molar-refractivity contribution in [2.75, 3.05) is 12.4 Å². The highest BCUT2D eigenvalue weighted by Crippen LogP contribution is 2.19. The highest BCUT2D eigenvalue weighted by atomic mass is 32.1. The third-order valence-corrected chi connectivity index (χ3v) is 4.90. The first-order valence-electron chi connectivity index (χ1n) is 8.65. The van der Waals surface area contributed by atoms with Crippen molar-refractivity contribution in [3.05, 3.63) is 77.1 Å². The van der Waals surface area contributed by atoms with E-state index >= 15 is 0 Å². The van der Waals surface area contributed by atoms with Crippen molar-refractivity contribution >= 4 is 23.0 Å². The van der Waals surface area contributed by atoms with E-state index in [2.05, 4.69) is 43.4 Å². The van der Waals surface area contributed by atoms with Gasteiger partial charge in [0.15, 0.2) is 5.11 Å². The number of nitrogens with one attached hydrogen (secondary N) is 1. The van der Waals surface area contributed by atoms with Gasteiger partial charge in [0, 0.05) is 30.5 Å². The van der Waals surface area contributed by atoms with Crippen molar-refractivity contribution in [1.29, 1.82) is 0 Å². The maximum atomic E-state index is 5.57. The Morgan fingerprint density at radius 3 is 2.35 bits per heavy atom. The van der Waals surface area contributed by atoms with Gasteiger partial charge < -0.3 is 10.2 Å². The lowest BCUT2D eigenvalue weighted by molar-refractivity contribution is 0.505. The van der Waals surface area contributed by atoms with Gasteiger partial charge in [-0.05, 0) is 57.3 Å². The van der Waals surface area contributed by atoms with Gasteiger partial charge in [-0.2, -0.15) is 5.10 Å². The zero-order valence-electron chi connectivity index (χ0n) is 15.7. The fraction of sp³-hybridized carbons (Fsp3) is 0.238. The van der Waals surface area contributed by atoms with Crippen molar-refractivity contribution in [1.82, 2.24) is 14.7 Å². The summed E-state index contributed by atoms with van der Waals surface area (Å²) in [6, 6.07) is 18.4. The molecule has 3 rings (SSSR count). The first-order chi connectivity index (χ1) is 12.5. The highest BCUT2D eigenvalue weighted by Gasteiger charge is 2.15. The number of nitrogens with zero attached hydrogens (tertiary/aromatic N) is 3. The Kier molecular flexibility index (Phi) is 5.38. The molecule has 0 spiro atoms. The van der Waals surface area contributed by atoms with Gasteiger partial charge in [0.1, 0.15) is 0 Å². The zero-order valence-corrected chi connectivity index (χ0v) is 16.5. The Morgan fingerprint density at radius 1 is 1.04 bits per heavy atom. The summed E-state index contributed by atoms with van der Waals surface area (Å²) in [5, 5.41) is 8.70. The highest BCUT2D eigenvalue weighted by molar-refractivity contribution is 7.80. The molecule has 0 saturated heterocycles. The second-order valence-corrected chi connectivity index (χ2v) is 6.94. The lowest BCUT2D eigenvalue weighted by atomic mass is 10.2. The van der Waals surface area contributed by atoms with Gasteiger partial charge in [-0.1, -0.05) is 35.9 Å². The van der Waals surface area contributed by atoms with Crippen molar-refractivity contribution in [2.45, 2.75) is 27.3 Å². The molecule has 1 N–H and O–H groups in total. The minimum absolute atomic E-state index is 0.695. The first kappa shape index (κ1) is 18.1. The topological polar surface area (TPSA) is 33.1 Å². The van der Waals surface area contributed by atoms with Crippen LogP contribution in [0, 0.1) is 20.8 Å². The van der Waals surface area contributed by atoms with Gasteiger partial charge >= 0.3 is 0 Å². The minimum atomic E-state index is 0.695. The maximum Gasteiger partial charge on any atom is 0.173 e. The molecule has 0 saturated carbocycles. The van der Waals surface area contributed by atoms with E-state index in [1.807, 2.05) is 53.9 Å². The Bertz CT molecular complexity index is 898. The molecule has 1 heterocycles. The molecule has 0 bridgehead atoms. The van der Waals surface area contributed by atoms with Gasteiger partial charge in [0.25, 0.3) is 0 Å². The van der Waals surface area contributed by atoms with Crippen LogP contribution in [-0.4, -0.2) is 26.8 Å². The predicted molar refractivity (Wildman–Crippen MR) is 112 cm³/mol. The maximum absolute atomic E-state index is 5.57. The molecule has 0 aliphatic heterocycles. The molecule has 0 aliphatic carbocycles. The lowest BCUT2D eigenvalue weighted by Crippen LogP contribution is -2.30. The quantitative estimate of drug-likeness (QED) is 0.685. The van der Waals surface area contributed by atoms with Gasteiger partial charge in [0.2, 0.25) is 0 Å². The largest absolute Gasteiger partial charge is 0.348 e. The molecule has 2 aromatic carbocycles. The van der Waals surface area contributed by atoms with E-state index < -0.39 is 0 Å². The average molecular weight is 365 g/mol. The number of rotatable bonds is 4. The normalized spacial score (nSPS) is 10.6. The number of benzene rings is 2. The van der Waals surface area contributed by atoms with E-state index in [4.69, 9.17) is 17.3 Å². The van der Waals surface area contributed by atoms with Crippen LogP contribution in [0.2, 0.25) is 0 Å². The van der Waals surface area contributed by atoms with Crippen LogP contribution in [-0.2, 0) is 6.54 Å². The molecule has 3 aromatic rings. The first-order valence-corrected chi connectivity index (χ1v) is 9.06. The van der Waals surface area contributed by atoms with Crippen molar-refractivity contribution in [3.63, 3.8) is 0 Å². The van der Waals surface area contributed by atoms with E-state index in [1.54, 1.807) is 0 Å². The van der Waals surface area contributed by atoms with Gasteiger partial charge in [-0.15, -0.1) is 0 Å². The standard InChI is InChI=1S/C21H24N4S/c1-15-10-12-18(13-11-15)22-21(26)24(4)14-20-16(2)23-25(17(20)3)19-8-6-5-7-9-19/h5-13H,14H2,1-4H3,(H,22,26). The van der Waals surface area contributed by atoms with Crippen LogP contribution in [0.1, 0.15) is 22.5 Å². The van der Waals surface area contributed by atoms with Gasteiger partial charge in [0.05, 0.1) is 11.4 Å². The third kappa shape index (κ3) is 3.94. The number of thiocarbonyl (C=S) groups is 1. The van der Waals surface area contributed by atoms with Gasteiger partial charge in [-0.3, -0.25) is 0 Å². The lowest BCUT2D eigenvalue weighted by Gasteiger charge is -2.21. The van der Waals surface area contributed by atoms with Crippen LogP contribution in [0.3, 0.4) is 0 Å². The molecular weight excluding hydrogens is 340 g/mol. The number of hydrogen-bond acceptors (Lipinski definition) is 2. The van der Waals surface area contributed by atoms with E-state index in [1.165, 1.54) is 11.1 Å². The Balaban J connectivity index is 1.75. The number of anilines is 1. The fourth-order valence-electron chi connectivity index (χ4n) is 2.89. The molecule has 0 aliphatic rings. The van der Waals surface area contributed by atoms with Crippen LogP contribution in [0.4, 0.5) is 5.69 Å². The Labute approximate surface area is 160 Å². The number of aromatic nitrogens is 2. The molecule has 26 heavy (non-hydrogen) atoms. The monoisotopic (exact) mass is 364 g/mol. The number of aryl methyl sites for hydroxylation is 2. The summed E-state index contributed by atoms with van der Waals surface area (Å²) in [6.07, 6.45) is 0. The van der Waals surface area contributed by atoms with Crippen molar-refractivity contribution < 1.29 is 0 Å². The summed E-state index contributed by atoms with van der Waals surface area (Å²) < 4.78 is 1.99. The van der Waals surface area contributed by atoms with Gasteiger partial charge in [-0.25, -0.2) is 4.68 Å². The van der Waals surface area contributed by atoms with E-state index in [9.17, 15) is 0 Å². The summed E-state index contributed by atoms with van der Waals surface area (Å²) in [7, 11) is 2.00. The minimum Gasteiger partial charge on any atom is -0.348 e. The molecular formula is C21H24N4S. The molecule has 1 aromatic heterocycles. The van der Waals surface area contributed by atoms with E-state index in [0.29, 0.717) is 11.7 Å². The molecule has 134 valence electrons. The summed E-state index contributed by atoms with van der Waals surface area (Å²) in [5.41, 5.74) is 6.66. The molecule has 5 heteroatoms. The van der Waals surface area contributed by atoms with Crippen LogP contribution < -0.4 is 5.32 Å². The Morgan fingerprint density at radius 2 is 1.69 bits per heavy atom. The zero-order chi connectivity index (χ0) is 18.7. The molecule has 0 unspecified atom stereocenters. The second-order valence-electron chi connectivity index (χ2n) is 6.55. The Hall–Kier alpha value is -2.66. The van der Waals surface area contributed by atoms with Crippen molar-refractivity contribution in [3.8, 4) is 5.69 Å². The second kappa shape index (κ2) is 7.70. The predicted octanol–water partition coefficient (Wildman–Crippen LogP) is 4.63. The number of hydrogen-bond donors (Lipinski definition) is 1. The van der Waals surface area contributed by atoms with Crippen LogP contribution in [0.15, 0.2) is 54.6 Å². The fourth-order valence-corrected chi connectivity index (χ4v) is 3.07. The third-order valence-electron chi connectivity index (χ3n) is 4.49. The van der Waals surface area contributed by atoms with Crippen molar-refractivity contribution in [2.24, 2.45) is 0 Å². The molecule has 4 nitrogen and oxygen atoms in total. The number of para-hydroxylation sites is 1. The molecule has 0 fully saturated rings. The van der Waals surface area contributed by atoms with E-state index in [-0.39, 0.29) is 0 Å². The summed E-state index contributed by atoms with van der Waals surface area (Å²) >= 11 is 5.57. The summed E-state index contributed by atoms with van der Waals surface area (Å²) in [4.78, 5) is 2.04. The average Bonchev–Trinajstić information content (AvgIpc) is 2.92. The summed E-state index contributed by atoms with van der Waals surface area (Å²) in [6.45, 7) is 6.94. The smallest absolute Gasteiger partial charge is 0.173 e. The van der Waals surface area contributed by atoms with E-state index in [0.717, 1.165) is 22.8 Å².